The number of carbonyl (C=O) groups excluding carboxylic acids is 1. The Kier molecular flexibility index (Phi) is 5.86. The van der Waals surface area contributed by atoms with E-state index in [2.05, 4.69) is 52.6 Å². The molecule has 2 heterocycles. The van der Waals surface area contributed by atoms with E-state index in [1.54, 1.807) is 7.11 Å². The fourth-order valence-corrected chi connectivity index (χ4v) is 4.16. The second-order valence-electron chi connectivity index (χ2n) is 7.90. The van der Waals surface area contributed by atoms with Crippen LogP contribution in [-0.2, 0) is 11.2 Å². The molecule has 1 aromatic heterocycles. The molecule has 29 heavy (non-hydrogen) atoms. The number of nitrogens with zero attached hydrogens (tertiary/aromatic N) is 1. The van der Waals surface area contributed by atoms with E-state index >= 15 is 0 Å². The van der Waals surface area contributed by atoms with Crippen molar-refractivity contribution >= 4 is 16.8 Å². The zero-order valence-electron chi connectivity index (χ0n) is 17.2. The molecule has 0 atom stereocenters. The smallest absolute Gasteiger partial charge is 0.220 e. The van der Waals surface area contributed by atoms with E-state index in [4.69, 9.17) is 4.74 Å². The Labute approximate surface area is 172 Å². The quantitative estimate of drug-likeness (QED) is 0.668. The first-order valence-corrected chi connectivity index (χ1v) is 10.4. The number of rotatable bonds is 6. The molecule has 1 amide bonds. The molecule has 1 aliphatic rings. The maximum absolute atomic E-state index is 12.6. The van der Waals surface area contributed by atoms with Gasteiger partial charge in [-0.25, -0.2) is 0 Å². The van der Waals surface area contributed by atoms with Crippen molar-refractivity contribution in [1.29, 1.82) is 0 Å². The highest BCUT2D eigenvalue weighted by molar-refractivity contribution is 5.91. The van der Waals surface area contributed by atoms with Crippen LogP contribution < -0.4 is 10.1 Å². The van der Waals surface area contributed by atoms with E-state index in [1.165, 1.54) is 10.9 Å². The third kappa shape index (κ3) is 4.46. The largest absolute Gasteiger partial charge is 0.497 e. The van der Waals surface area contributed by atoms with Crippen molar-refractivity contribution < 1.29 is 9.53 Å². The van der Waals surface area contributed by atoms with Crippen LogP contribution in [0, 0.1) is 0 Å². The second kappa shape index (κ2) is 8.70. The Bertz CT molecular complexity index is 969. The minimum absolute atomic E-state index is 0.144. The number of amides is 1. The number of hydrogen-bond acceptors (Lipinski definition) is 3. The van der Waals surface area contributed by atoms with Crippen LogP contribution in [-0.4, -0.2) is 49.1 Å². The first kappa shape index (κ1) is 19.5. The molecule has 0 aliphatic carbocycles. The number of aromatic nitrogens is 1. The normalized spacial score (nSPS) is 15.5. The maximum Gasteiger partial charge on any atom is 0.220 e. The summed E-state index contributed by atoms with van der Waals surface area (Å²) in [7, 11) is 3.81. The molecule has 0 radical (unpaired) electrons. The number of piperidine rings is 1. The van der Waals surface area contributed by atoms with Gasteiger partial charge < -0.3 is 19.9 Å². The van der Waals surface area contributed by atoms with E-state index in [0.717, 1.165) is 48.5 Å². The highest BCUT2D eigenvalue weighted by Crippen LogP contribution is 2.32. The van der Waals surface area contributed by atoms with Crippen molar-refractivity contribution in [2.45, 2.75) is 31.7 Å². The lowest BCUT2D eigenvalue weighted by Crippen LogP contribution is -2.43. The van der Waals surface area contributed by atoms with Gasteiger partial charge in [-0.1, -0.05) is 18.2 Å². The monoisotopic (exact) mass is 391 g/mol. The molecule has 152 valence electrons. The summed E-state index contributed by atoms with van der Waals surface area (Å²) < 4.78 is 5.29. The van der Waals surface area contributed by atoms with E-state index in [9.17, 15) is 4.79 Å². The van der Waals surface area contributed by atoms with Gasteiger partial charge in [-0.15, -0.1) is 0 Å². The lowest BCUT2D eigenvalue weighted by Gasteiger charge is -2.29. The van der Waals surface area contributed by atoms with Gasteiger partial charge in [0.1, 0.15) is 5.75 Å². The zero-order chi connectivity index (χ0) is 20.2. The zero-order valence-corrected chi connectivity index (χ0v) is 17.2. The fraction of sp³-hybridized carbons (Fsp3) is 0.375. The van der Waals surface area contributed by atoms with Gasteiger partial charge in [-0.05, 0) is 80.9 Å². The SMILES string of the molecule is COc1ccc(-c2[nH]c3ccccc3c2CCC(=O)NC2CCN(C)CC2)cc1. The Hall–Kier alpha value is -2.79. The van der Waals surface area contributed by atoms with Gasteiger partial charge in [0.2, 0.25) is 5.91 Å². The Morgan fingerprint density at radius 1 is 1.14 bits per heavy atom. The predicted molar refractivity (Wildman–Crippen MR) is 117 cm³/mol. The molecule has 2 N–H and O–H groups in total. The first-order chi connectivity index (χ1) is 14.1. The number of para-hydroxylation sites is 1. The van der Waals surface area contributed by atoms with Crippen molar-refractivity contribution in [3.8, 4) is 17.0 Å². The molecule has 3 aromatic rings. The summed E-state index contributed by atoms with van der Waals surface area (Å²) in [4.78, 5) is 18.5. The Morgan fingerprint density at radius 2 is 1.86 bits per heavy atom. The van der Waals surface area contributed by atoms with Crippen LogP contribution in [0.1, 0.15) is 24.8 Å². The molecule has 2 aromatic carbocycles. The number of benzene rings is 2. The molecule has 5 heteroatoms. The molecule has 0 spiro atoms. The van der Waals surface area contributed by atoms with E-state index in [-0.39, 0.29) is 5.91 Å². The van der Waals surface area contributed by atoms with Gasteiger partial charge in [-0.3, -0.25) is 4.79 Å². The molecular formula is C24H29N3O2. The lowest BCUT2D eigenvalue weighted by atomic mass is 10.0. The number of fused-ring (bicyclic) bond motifs is 1. The number of ether oxygens (including phenoxy) is 1. The molecule has 0 saturated carbocycles. The third-order valence-electron chi connectivity index (χ3n) is 5.88. The molecule has 0 bridgehead atoms. The van der Waals surface area contributed by atoms with Gasteiger partial charge >= 0.3 is 0 Å². The van der Waals surface area contributed by atoms with Crippen molar-refractivity contribution in [1.82, 2.24) is 15.2 Å². The van der Waals surface area contributed by atoms with Gasteiger partial charge in [0.15, 0.2) is 0 Å². The summed E-state index contributed by atoms with van der Waals surface area (Å²) in [5, 5.41) is 4.42. The predicted octanol–water partition coefficient (Wildman–Crippen LogP) is 3.99. The molecule has 0 unspecified atom stereocenters. The van der Waals surface area contributed by atoms with Crippen molar-refractivity contribution in [3.05, 3.63) is 54.1 Å². The Balaban J connectivity index is 1.52. The third-order valence-corrected chi connectivity index (χ3v) is 5.88. The average molecular weight is 392 g/mol. The van der Waals surface area contributed by atoms with Gasteiger partial charge in [0, 0.05) is 29.1 Å². The molecule has 5 nitrogen and oxygen atoms in total. The van der Waals surface area contributed by atoms with Crippen molar-refractivity contribution in [3.63, 3.8) is 0 Å². The summed E-state index contributed by atoms with van der Waals surface area (Å²) in [5.41, 5.74) is 4.49. The summed E-state index contributed by atoms with van der Waals surface area (Å²) in [6.07, 6.45) is 3.28. The summed E-state index contributed by atoms with van der Waals surface area (Å²) >= 11 is 0. The molecule has 1 fully saturated rings. The number of H-pyrrole nitrogens is 1. The Morgan fingerprint density at radius 3 is 2.59 bits per heavy atom. The summed E-state index contributed by atoms with van der Waals surface area (Å²) in [6.45, 7) is 2.10. The van der Waals surface area contributed by atoms with Crippen LogP contribution in [0.3, 0.4) is 0 Å². The first-order valence-electron chi connectivity index (χ1n) is 10.4. The molecule has 4 rings (SSSR count). The lowest BCUT2D eigenvalue weighted by molar-refractivity contribution is -0.122. The maximum atomic E-state index is 12.6. The van der Waals surface area contributed by atoms with Crippen LogP contribution in [0.15, 0.2) is 48.5 Å². The topological polar surface area (TPSA) is 57.4 Å². The summed E-state index contributed by atoms with van der Waals surface area (Å²) in [5.74, 6) is 0.981. The van der Waals surface area contributed by atoms with Gasteiger partial charge in [-0.2, -0.15) is 0 Å². The van der Waals surface area contributed by atoms with Gasteiger partial charge in [0.05, 0.1) is 7.11 Å². The number of carbonyl (C=O) groups is 1. The fourth-order valence-electron chi connectivity index (χ4n) is 4.16. The number of methoxy groups -OCH3 is 1. The number of aryl methyl sites for hydroxylation is 1. The number of hydrogen-bond donors (Lipinski definition) is 2. The van der Waals surface area contributed by atoms with Gasteiger partial charge in [0.25, 0.3) is 0 Å². The second-order valence-corrected chi connectivity index (χ2v) is 7.90. The minimum Gasteiger partial charge on any atom is -0.497 e. The number of aromatic amines is 1. The van der Waals surface area contributed by atoms with Crippen LogP contribution >= 0.6 is 0 Å². The molecule has 1 aliphatic heterocycles. The standard InChI is InChI=1S/C24H29N3O2/c1-27-15-13-18(14-16-27)25-23(28)12-11-21-20-5-3-4-6-22(20)26-24(21)17-7-9-19(29-2)10-8-17/h3-10,18,26H,11-16H2,1-2H3,(H,25,28). The summed E-state index contributed by atoms with van der Waals surface area (Å²) in [6, 6.07) is 16.7. The van der Waals surface area contributed by atoms with E-state index < -0.39 is 0 Å². The minimum atomic E-state index is 0.144. The van der Waals surface area contributed by atoms with Crippen molar-refractivity contribution in [2.75, 3.05) is 27.2 Å². The van der Waals surface area contributed by atoms with Crippen LogP contribution in [0.4, 0.5) is 0 Å². The average Bonchev–Trinajstić information content (AvgIpc) is 3.12. The highest BCUT2D eigenvalue weighted by atomic mass is 16.5. The van der Waals surface area contributed by atoms with Crippen LogP contribution in [0.5, 0.6) is 5.75 Å². The highest BCUT2D eigenvalue weighted by Gasteiger charge is 2.19. The molecular weight excluding hydrogens is 362 g/mol. The van der Waals surface area contributed by atoms with Crippen molar-refractivity contribution in [2.24, 2.45) is 0 Å². The van der Waals surface area contributed by atoms with Crippen LogP contribution in [0.2, 0.25) is 0 Å². The number of nitrogens with one attached hydrogen (secondary N) is 2. The van der Waals surface area contributed by atoms with Crippen LogP contribution in [0.25, 0.3) is 22.2 Å². The number of likely N-dealkylation sites (tertiary alicyclic amines) is 1. The van der Waals surface area contributed by atoms with E-state index in [0.29, 0.717) is 18.9 Å². The van der Waals surface area contributed by atoms with E-state index in [1.807, 2.05) is 18.2 Å². The molecule has 1 saturated heterocycles.